The molecule has 2 aromatic rings. The maximum Gasteiger partial charge on any atom is 0.333 e. The van der Waals surface area contributed by atoms with Gasteiger partial charge in [0.05, 0.1) is 6.61 Å². The minimum Gasteiger partial charge on any atom is -0.507 e. The lowest BCUT2D eigenvalue weighted by Gasteiger charge is -2.06. The molecule has 108 valence electrons. The summed E-state index contributed by atoms with van der Waals surface area (Å²) in [6.07, 6.45) is 2.32. The van der Waals surface area contributed by atoms with E-state index in [1.807, 2.05) is 30.3 Å². The van der Waals surface area contributed by atoms with E-state index in [9.17, 15) is 9.90 Å². The molecule has 0 amide bonds. The smallest absolute Gasteiger partial charge is 0.333 e. The number of hydrogen-bond donors (Lipinski definition) is 1. The van der Waals surface area contributed by atoms with Crippen LogP contribution in [-0.2, 0) is 16.0 Å². The van der Waals surface area contributed by atoms with Crippen LogP contribution in [-0.4, -0.2) is 17.7 Å². The molecule has 21 heavy (non-hydrogen) atoms. The molecule has 1 N–H and O–H groups in total. The average Bonchev–Trinajstić information content (AvgIpc) is 2.50. The average molecular weight is 282 g/mol. The van der Waals surface area contributed by atoms with Crippen LogP contribution in [0.4, 0.5) is 0 Å². The van der Waals surface area contributed by atoms with Gasteiger partial charge < -0.3 is 9.84 Å². The number of aromatic hydroxyl groups is 1. The normalized spacial score (nSPS) is 11.2. The summed E-state index contributed by atoms with van der Waals surface area (Å²) in [5.74, 6) is -0.219. The fourth-order valence-corrected chi connectivity index (χ4v) is 1.92. The number of para-hydroxylation sites is 1. The molecule has 0 bridgehead atoms. The maximum absolute atomic E-state index is 11.9. The molecule has 0 aliphatic carbocycles. The highest BCUT2D eigenvalue weighted by atomic mass is 16.5. The Bertz CT molecular complexity index is 630. The van der Waals surface area contributed by atoms with E-state index in [-0.39, 0.29) is 11.7 Å². The number of hydrogen-bond acceptors (Lipinski definition) is 3. The Kier molecular flexibility index (Phi) is 5.16. The van der Waals surface area contributed by atoms with Crippen molar-refractivity contribution < 1.29 is 14.6 Å². The second-order valence-corrected chi connectivity index (χ2v) is 4.76. The molecule has 0 radical (unpaired) electrons. The SMILES string of the molecule is C/C(=C\c1ccccc1O)C(=O)OCCc1ccccc1. The molecule has 3 nitrogen and oxygen atoms in total. The Labute approximate surface area is 124 Å². The van der Waals surface area contributed by atoms with Crippen molar-refractivity contribution in [2.75, 3.05) is 6.61 Å². The van der Waals surface area contributed by atoms with Crippen LogP contribution in [0.2, 0.25) is 0 Å². The van der Waals surface area contributed by atoms with E-state index in [1.165, 1.54) is 0 Å². The van der Waals surface area contributed by atoms with Gasteiger partial charge in [0.1, 0.15) is 5.75 Å². The Morgan fingerprint density at radius 3 is 2.48 bits per heavy atom. The first-order valence-corrected chi connectivity index (χ1v) is 6.84. The molecule has 0 aliphatic rings. The van der Waals surface area contributed by atoms with Gasteiger partial charge in [0, 0.05) is 17.6 Å². The van der Waals surface area contributed by atoms with Crippen molar-refractivity contribution in [3.63, 3.8) is 0 Å². The van der Waals surface area contributed by atoms with Gasteiger partial charge >= 0.3 is 5.97 Å². The second kappa shape index (κ2) is 7.29. The summed E-state index contributed by atoms with van der Waals surface area (Å²) >= 11 is 0. The molecular formula is C18H18O3. The van der Waals surface area contributed by atoms with Gasteiger partial charge in [-0.15, -0.1) is 0 Å². The molecule has 0 aliphatic heterocycles. The zero-order valence-electron chi connectivity index (χ0n) is 12.0. The highest BCUT2D eigenvalue weighted by molar-refractivity contribution is 5.93. The van der Waals surface area contributed by atoms with Crippen LogP contribution in [0.5, 0.6) is 5.75 Å². The maximum atomic E-state index is 11.9. The Balaban J connectivity index is 1.90. The molecular weight excluding hydrogens is 264 g/mol. The molecule has 0 heterocycles. The van der Waals surface area contributed by atoms with Crippen LogP contribution in [0.1, 0.15) is 18.1 Å². The van der Waals surface area contributed by atoms with Crippen LogP contribution in [0, 0.1) is 0 Å². The van der Waals surface area contributed by atoms with Crippen molar-refractivity contribution in [3.8, 4) is 5.75 Å². The third-order valence-electron chi connectivity index (χ3n) is 3.10. The third-order valence-corrected chi connectivity index (χ3v) is 3.10. The van der Waals surface area contributed by atoms with E-state index in [2.05, 4.69) is 0 Å². The van der Waals surface area contributed by atoms with Gasteiger partial charge in [-0.3, -0.25) is 0 Å². The van der Waals surface area contributed by atoms with Crippen LogP contribution in [0.3, 0.4) is 0 Å². The minimum atomic E-state index is -0.366. The summed E-state index contributed by atoms with van der Waals surface area (Å²) in [7, 11) is 0. The van der Waals surface area contributed by atoms with Crippen molar-refractivity contribution in [1.82, 2.24) is 0 Å². The highest BCUT2D eigenvalue weighted by Crippen LogP contribution is 2.19. The van der Waals surface area contributed by atoms with Crippen molar-refractivity contribution >= 4 is 12.0 Å². The number of esters is 1. The standard InChI is InChI=1S/C18H18O3/c1-14(13-16-9-5-6-10-17(16)19)18(20)21-12-11-15-7-3-2-4-8-15/h2-10,13,19H,11-12H2,1H3/b14-13+. The fourth-order valence-electron chi connectivity index (χ4n) is 1.92. The van der Waals surface area contributed by atoms with Gasteiger partial charge in [0.15, 0.2) is 0 Å². The molecule has 3 heteroatoms. The van der Waals surface area contributed by atoms with Crippen molar-refractivity contribution in [2.45, 2.75) is 13.3 Å². The van der Waals surface area contributed by atoms with Crippen molar-refractivity contribution in [3.05, 3.63) is 71.3 Å². The number of carbonyl (C=O) groups excluding carboxylic acids is 1. The number of rotatable bonds is 5. The largest absolute Gasteiger partial charge is 0.507 e. The Morgan fingerprint density at radius 2 is 1.76 bits per heavy atom. The molecule has 0 spiro atoms. The topological polar surface area (TPSA) is 46.5 Å². The summed E-state index contributed by atoms with van der Waals surface area (Å²) in [5.41, 5.74) is 2.20. The van der Waals surface area contributed by atoms with Gasteiger partial charge in [-0.1, -0.05) is 48.5 Å². The number of ether oxygens (including phenoxy) is 1. The van der Waals surface area contributed by atoms with Gasteiger partial charge in [-0.2, -0.15) is 0 Å². The quantitative estimate of drug-likeness (QED) is 0.673. The Hall–Kier alpha value is -2.55. The van der Waals surface area contributed by atoms with E-state index in [0.29, 0.717) is 24.2 Å². The van der Waals surface area contributed by atoms with Crippen molar-refractivity contribution in [2.24, 2.45) is 0 Å². The second-order valence-electron chi connectivity index (χ2n) is 4.76. The van der Waals surface area contributed by atoms with E-state index in [4.69, 9.17) is 4.74 Å². The van der Waals surface area contributed by atoms with Gasteiger partial charge in [0.2, 0.25) is 0 Å². The van der Waals surface area contributed by atoms with Crippen LogP contribution >= 0.6 is 0 Å². The third kappa shape index (κ3) is 4.49. The highest BCUT2D eigenvalue weighted by Gasteiger charge is 2.07. The van der Waals surface area contributed by atoms with Crippen LogP contribution < -0.4 is 0 Å². The molecule has 0 atom stereocenters. The molecule has 2 aromatic carbocycles. The summed E-state index contributed by atoms with van der Waals surface area (Å²) in [6, 6.07) is 16.7. The molecule has 2 rings (SSSR count). The monoisotopic (exact) mass is 282 g/mol. The van der Waals surface area contributed by atoms with E-state index >= 15 is 0 Å². The Morgan fingerprint density at radius 1 is 1.10 bits per heavy atom. The molecule has 0 aromatic heterocycles. The lowest BCUT2D eigenvalue weighted by atomic mass is 10.1. The van der Waals surface area contributed by atoms with Crippen molar-refractivity contribution in [1.29, 1.82) is 0 Å². The summed E-state index contributed by atoms with van der Waals surface area (Å²) < 4.78 is 5.23. The molecule has 0 unspecified atom stereocenters. The lowest BCUT2D eigenvalue weighted by molar-refractivity contribution is -0.138. The van der Waals surface area contributed by atoms with Gasteiger partial charge in [-0.25, -0.2) is 4.79 Å². The zero-order chi connectivity index (χ0) is 15.1. The van der Waals surface area contributed by atoms with Gasteiger partial charge in [0.25, 0.3) is 0 Å². The van der Waals surface area contributed by atoms with E-state index in [1.54, 1.807) is 37.3 Å². The number of phenolic OH excluding ortho intramolecular Hbond substituents is 1. The van der Waals surface area contributed by atoms with Crippen LogP contribution in [0.25, 0.3) is 6.08 Å². The number of phenols is 1. The zero-order valence-corrected chi connectivity index (χ0v) is 12.0. The molecule has 0 saturated heterocycles. The summed E-state index contributed by atoms with van der Waals surface area (Å²) in [6.45, 7) is 2.02. The molecule has 0 saturated carbocycles. The van der Waals surface area contributed by atoms with E-state index < -0.39 is 0 Å². The summed E-state index contributed by atoms with van der Waals surface area (Å²) in [5, 5.41) is 9.67. The summed E-state index contributed by atoms with van der Waals surface area (Å²) in [4.78, 5) is 11.9. The van der Waals surface area contributed by atoms with Gasteiger partial charge in [-0.05, 0) is 24.6 Å². The first-order valence-electron chi connectivity index (χ1n) is 6.84. The first kappa shape index (κ1) is 14.9. The number of benzene rings is 2. The van der Waals surface area contributed by atoms with Crippen LogP contribution in [0.15, 0.2) is 60.2 Å². The van der Waals surface area contributed by atoms with E-state index in [0.717, 1.165) is 5.56 Å². The fraction of sp³-hybridized carbons (Fsp3) is 0.167. The predicted molar refractivity (Wildman–Crippen MR) is 82.9 cm³/mol. The lowest BCUT2D eigenvalue weighted by Crippen LogP contribution is -2.08. The first-order chi connectivity index (χ1) is 10.2. The number of carbonyl (C=O) groups is 1. The molecule has 0 fully saturated rings. The minimum absolute atomic E-state index is 0.147. The predicted octanol–water partition coefficient (Wildman–Crippen LogP) is 3.58.